The van der Waals surface area contributed by atoms with Crippen molar-refractivity contribution in [3.8, 4) is 5.75 Å². The Morgan fingerprint density at radius 2 is 2.00 bits per heavy atom. The number of carbonyl (C=O) groups excluding carboxylic acids is 1. The van der Waals surface area contributed by atoms with E-state index in [-0.39, 0.29) is 5.92 Å². The molecular formula is C15H22O2. The molecule has 2 nitrogen and oxygen atoms in total. The van der Waals surface area contributed by atoms with E-state index in [0.29, 0.717) is 12.2 Å². The third kappa shape index (κ3) is 4.59. The lowest BCUT2D eigenvalue weighted by molar-refractivity contribution is -0.121. The van der Waals surface area contributed by atoms with Crippen LogP contribution in [0.1, 0.15) is 39.2 Å². The number of ketones is 1. The van der Waals surface area contributed by atoms with Gasteiger partial charge >= 0.3 is 0 Å². The van der Waals surface area contributed by atoms with E-state index >= 15 is 0 Å². The molecule has 94 valence electrons. The van der Waals surface area contributed by atoms with E-state index in [0.717, 1.165) is 30.8 Å². The Balaban J connectivity index is 2.60. The van der Waals surface area contributed by atoms with Crippen LogP contribution in [0.4, 0.5) is 0 Å². The van der Waals surface area contributed by atoms with Crippen LogP contribution in [0.5, 0.6) is 5.75 Å². The van der Waals surface area contributed by atoms with Crippen LogP contribution < -0.4 is 4.74 Å². The van der Waals surface area contributed by atoms with Crippen LogP contribution in [0.15, 0.2) is 24.3 Å². The predicted octanol–water partition coefficient (Wildman–Crippen LogP) is 3.63. The minimum Gasteiger partial charge on any atom is -0.493 e. The average molecular weight is 234 g/mol. The van der Waals surface area contributed by atoms with Gasteiger partial charge in [0.1, 0.15) is 11.5 Å². The highest BCUT2D eigenvalue weighted by atomic mass is 16.5. The molecule has 0 aromatic heterocycles. The monoisotopic (exact) mass is 234 g/mol. The summed E-state index contributed by atoms with van der Waals surface area (Å²) >= 11 is 0. The minimum atomic E-state index is 0.124. The Morgan fingerprint density at radius 1 is 1.29 bits per heavy atom. The number of ether oxygens (including phenoxy) is 1. The first-order valence-electron chi connectivity index (χ1n) is 6.38. The number of benzene rings is 1. The molecule has 0 aliphatic carbocycles. The zero-order valence-corrected chi connectivity index (χ0v) is 11.0. The molecular weight excluding hydrogens is 212 g/mol. The first kappa shape index (κ1) is 13.8. The predicted molar refractivity (Wildman–Crippen MR) is 70.4 cm³/mol. The Bertz CT molecular complexity index is 356. The fourth-order valence-electron chi connectivity index (χ4n) is 1.61. The van der Waals surface area contributed by atoms with E-state index in [2.05, 4.69) is 6.92 Å². The van der Waals surface area contributed by atoms with Gasteiger partial charge in [0.15, 0.2) is 0 Å². The third-order valence-electron chi connectivity index (χ3n) is 2.72. The van der Waals surface area contributed by atoms with Gasteiger partial charge in [-0.05, 0) is 24.5 Å². The van der Waals surface area contributed by atoms with E-state index in [1.54, 1.807) is 0 Å². The first-order valence-corrected chi connectivity index (χ1v) is 6.38. The fraction of sp³-hybridized carbons (Fsp3) is 0.533. The quantitative estimate of drug-likeness (QED) is 0.720. The van der Waals surface area contributed by atoms with Crippen LogP contribution in [0.3, 0.4) is 0 Å². The molecule has 0 aliphatic rings. The molecule has 0 spiro atoms. The van der Waals surface area contributed by atoms with E-state index in [1.165, 1.54) is 0 Å². The summed E-state index contributed by atoms with van der Waals surface area (Å²) in [6.45, 7) is 6.71. The highest BCUT2D eigenvalue weighted by molar-refractivity contribution is 5.80. The summed E-state index contributed by atoms with van der Waals surface area (Å²) in [5, 5.41) is 0. The van der Waals surface area contributed by atoms with Crippen LogP contribution in [0.25, 0.3) is 0 Å². The molecule has 0 heterocycles. The molecule has 1 aromatic rings. The number of rotatable bonds is 7. The second-order valence-corrected chi connectivity index (χ2v) is 4.58. The number of carbonyl (C=O) groups is 1. The summed E-state index contributed by atoms with van der Waals surface area (Å²) in [7, 11) is 0. The lowest BCUT2D eigenvalue weighted by Crippen LogP contribution is -2.08. The van der Waals surface area contributed by atoms with Crippen LogP contribution in [-0.4, -0.2) is 12.4 Å². The molecule has 0 amide bonds. The number of hydrogen-bond acceptors (Lipinski definition) is 2. The largest absolute Gasteiger partial charge is 0.493 e. The number of hydrogen-bond donors (Lipinski definition) is 0. The third-order valence-corrected chi connectivity index (χ3v) is 2.72. The Kier molecular flexibility index (Phi) is 5.75. The van der Waals surface area contributed by atoms with E-state index in [4.69, 9.17) is 4.74 Å². The molecule has 0 radical (unpaired) electrons. The fourth-order valence-corrected chi connectivity index (χ4v) is 1.61. The molecule has 1 aromatic carbocycles. The Hall–Kier alpha value is -1.31. The van der Waals surface area contributed by atoms with Crippen molar-refractivity contribution in [1.82, 2.24) is 0 Å². The summed E-state index contributed by atoms with van der Waals surface area (Å²) in [5.74, 6) is 1.36. The van der Waals surface area contributed by atoms with E-state index < -0.39 is 0 Å². The van der Waals surface area contributed by atoms with E-state index in [1.807, 2.05) is 38.1 Å². The van der Waals surface area contributed by atoms with Crippen molar-refractivity contribution >= 4 is 5.78 Å². The minimum absolute atomic E-state index is 0.124. The van der Waals surface area contributed by atoms with E-state index in [9.17, 15) is 4.79 Å². The lowest BCUT2D eigenvalue weighted by atomic mass is 10.0. The van der Waals surface area contributed by atoms with Gasteiger partial charge in [-0.25, -0.2) is 0 Å². The van der Waals surface area contributed by atoms with Gasteiger partial charge in [-0.1, -0.05) is 39.0 Å². The molecule has 0 saturated heterocycles. The van der Waals surface area contributed by atoms with Gasteiger partial charge in [0, 0.05) is 12.3 Å². The standard InChI is InChI=1S/C15H22O2/c1-4-11-17-15-8-6-5-7-13(15)9-10-14(16)12(2)3/h5-8,12H,4,9-11H2,1-3H3. The number of Topliss-reactive ketones (excluding diaryl/α,β-unsaturated/α-hetero) is 1. The Morgan fingerprint density at radius 3 is 2.65 bits per heavy atom. The highest BCUT2D eigenvalue weighted by Crippen LogP contribution is 2.20. The summed E-state index contributed by atoms with van der Waals surface area (Å²) in [6.07, 6.45) is 2.38. The molecule has 17 heavy (non-hydrogen) atoms. The topological polar surface area (TPSA) is 26.3 Å². The first-order chi connectivity index (χ1) is 8.15. The van der Waals surface area contributed by atoms with Crippen LogP contribution in [0.2, 0.25) is 0 Å². The summed E-state index contributed by atoms with van der Waals surface area (Å²) in [4.78, 5) is 11.6. The van der Waals surface area contributed by atoms with Gasteiger partial charge in [0.2, 0.25) is 0 Å². The molecule has 0 fully saturated rings. The Labute approximate surface area is 104 Å². The van der Waals surface area contributed by atoms with Crippen molar-refractivity contribution in [2.24, 2.45) is 5.92 Å². The molecule has 0 unspecified atom stereocenters. The van der Waals surface area contributed by atoms with Gasteiger partial charge in [-0.2, -0.15) is 0 Å². The molecule has 0 aliphatic heterocycles. The molecule has 0 saturated carbocycles. The second kappa shape index (κ2) is 7.10. The summed E-state index contributed by atoms with van der Waals surface area (Å²) in [6, 6.07) is 7.98. The maximum Gasteiger partial charge on any atom is 0.135 e. The molecule has 2 heteroatoms. The van der Waals surface area contributed by atoms with Crippen molar-refractivity contribution in [3.05, 3.63) is 29.8 Å². The van der Waals surface area contributed by atoms with Gasteiger partial charge in [0.05, 0.1) is 6.61 Å². The zero-order chi connectivity index (χ0) is 12.7. The normalized spacial score (nSPS) is 10.6. The molecule has 1 rings (SSSR count). The number of aryl methyl sites for hydroxylation is 1. The SMILES string of the molecule is CCCOc1ccccc1CCC(=O)C(C)C. The molecule has 0 bridgehead atoms. The molecule has 0 N–H and O–H groups in total. The number of para-hydroxylation sites is 1. The zero-order valence-electron chi connectivity index (χ0n) is 11.0. The second-order valence-electron chi connectivity index (χ2n) is 4.58. The molecule has 0 atom stereocenters. The highest BCUT2D eigenvalue weighted by Gasteiger charge is 2.09. The van der Waals surface area contributed by atoms with Gasteiger partial charge in [0.25, 0.3) is 0 Å². The van der Waals surface area contributed by atoms with Crippen LogP contribution in [-0.2, 0) is 11.2 Å². The lowest BCUT2D eigenvalue weighted by Gasteiger charge is -2.11. The van der Waals surface area contributed by atoms with Crippen molar-refractivity contribution in [2.75, 3.05) is 6.61 Å². The smallest absolute Gasteiger partial charge is 0.135 e. The van der Waals surface area contributed by atoms with Crippen molar-refractivity contribution in [2.45, 2.75) is 40.0 Å². The van der Waals surface area contributed by atoms with Crippen LogP contribution in [0, 0.1) is 5.92 Å². The maximum atomic E-state index is 11.6. The van der Waals surface area contributed by atoms with Gasteiger partial charge in [-0.15, -0.1) is 0 Å². The van der Waals surface area contributed by atoms with Crippen molar-refractivity contribution in [3.63, 3.8) is 0 Å². The van der Waals surface area contributed by atoms with Gasteiger partial charge < -0.3 is 4.74 Å². The van der Waals surface area contributed by atoms with Crippen molar-refractivity contribution in [1.29, 1.82) is 0 Å². The van der Waals surface area contributed by atoms with Crippen LogP contribution >= 0.6 is 0 Å². The summed E-state index contributed by atoms with van der Waals surface area (Å²) < 4.78 is 5.67. The average Bonchev–Trinajstić information content (AvgIpc) is 2.34. The maximum absolute atomic E-state index is 11.6. The summed E-state index contributed by atoms with van der Waals surface area (Å²) in [5.41, 5.74) is 1.13. The van der Waals surface area contributed by atoms with Crippen molar-refractivity contribution < 1.29 is 9.53 Å². The van der Waals surface area contributed by atoms with Gasteiger partial charge in [-0.3, -0.25) is 4.79 Å².